The summed E-state index contributed by atoms with van der Waals surface area (Å²) in [5.41, 5.74) is 0. The number of carbonyl (C=O) groups is 2. The molecule has 0 aromatic carbocycles. The van der Waals surface area contributed by atoms with Crippen molar-refractivity contribution in [2.45, 2.75) is 236 Å². The summed E-state index contributed by atoms with van der Waals surface area (Å²) in [5, 5.41) is 62.2. The Labute approximate surface area is 423 Å². The Morgan fingerprint density at radius 3 is 1.48 bits per heavy atom. The molecule has 18 nitrogen and oxygen atoms in total. The molecule has 1 rings (SSSR count). The SMILES string of the molecule is CCCCC/C=C\C/C=C\C/C=C\CC(O)C(O)CCCC(=O)OC[C@H](COP(=O)(O)O[C@H]1C(O)C(O)C(O)[C@@H](OP(=O)(O)O)C1O)OC(=O)CCCCCCCCCCC/C=C\C/C=C\CCCCC. The molecule has 0 bridgehead atoms. The zero-order valence-corrected chi connectivity index (χ0v) is 44.2. The molecule has 9 N–H and O–H groups in total. The van der Waals surface area contributed by atoms with Gasteiger partial charge >= 0.3 is 27.6 Å². The third-order valence-electron chi connectivity index (χ3n) is 11.8. The van der Waals surface area contributed by atoms with Gasteiger partial charge in [-0.25, -0.2) is 9.13 Å². The number of unbranched alkanes of at least 4 members (excludes halogenated alkanes) is 15. The van der Waals surface area contributed by atoms with Crippen LogP contribution in [-0.4, -0.2) is 125 Å². The molecule has 7 unspecified atom stereocenters. The molecular formula is C51H90O18P2. The van der Waals surface area contributed by atoms with Crippen molar-refractivity contribution >= 4 is 27.6 Å². The van der Waals surface area contributed by atoms with E-state index in [1.165, 1.54) is 44.9 Å². The first kappa shape index (κ1) is 66.6. The Balaban J connectivity index is 2.64. The van der Waals surface area contributed by atoms with Gasteiger partial charge in [0.15, 0.2) is 6.10 Å². The topological polar surface area (TPSA) is 296 Å². The number of hydrogen-bond donors (Lipinski definition) is 9. The number of hydrogen-bond acceptors (Lipinski definition) is 15. The summed E-state index contributed by atoms with van der Waals surface area (Å²) in [5.74, 6) is -1.50. The highest BCUT2D eigenvalue weighted by molar-refractivity contribution is 7.47. The van der Waals surface area contributed by atoms with Crippen LogP contribution in [0.4, 0.5) is 0 Å². The standard InChI is InChI=1S/C51H90O18P2/c1-3-5-7-9-11-13-15-17-18-19-20-21-22-23-25-27-29-31-33-37-45(55)67-41(40-66-71(63,64)69-51-48(58)46(56)47(57)50(49(51)59)68-70(60,61)62)39-65-44(54)38-34-36-43(53)42(52)35-32-30-28-26-24-16-14-12-10-8-6-4-2/h11-14,17-18,24,26,30,32,41-43,46-53,56-59H,3-10,15-16,19-23,25,27-29,31,33-40H2,1-2H3,(H,63,64)(H2,60,61,62)/b13-11-,14-12-,18-17-,26-24-,32-30-/t41-,42?,43?,46?,47?,48?,49?,50-,51+/m1/s1. The normalized spacial score (nSPS) is 22.2. The molecule has 0 aromatic rings. The third-order valence-corrected chi connectivity index (χ3v) is 13.3. The van der Waals surface area contributed by atoms with Crippen molar-refractivity contribution in [2.24, 2.45) is 0 Å². The lowest BCUT2D eigenvalue weighted by Crippen LogP contribution is -2.64. The van der Waals surface area contributed by atoms with Gasteiger partial charge in [0.2, 0.25) is 0 Å². The largest absolute Gasteiger partial charge is 0.472 e. The number of allylic oxidation sites excluding steroid dienone is 9. The van der Waals surface area contributed by atoms with Crippen molar-refractivity contribution in [1.82, 2.24) is 0 Å². The number of aliphatic hydroxyl groups excluding tert-OH is 6. The first-order valence-electron chi connectivity index (χ1n) is 26.0. The zero-order chi connectivity index (χ0) is 52.8. The molecule has 0 heterocycles. The van der Waals surface area contributed by atoms with Crippen molar-refractivity contribution < 1.29 is 87.1 Å². The van der Waals surface area contributed by atoms with E-state index in [1.807, 2.05) is 12.2 Å². The second-order valence-corrected chi connectivity index (χ2v) is 20.8. The minimum absolute atomic E-state index is 0.0233. The molecule has 71 heavy (non-hydrogen) atoms. The second kappa shape index (κ2) is 40.9. The fourth-order valence-electron chi connectivity index (χ4n) is 7.57. The molecule has 10 atom stereocenters. The van der Waals surface area contributed by atoms with Gasteiger partial charge in [0.1, 0.15) is 43.2 Å². The van der Waals surface area contributed by atoms with Gasteiger partial charge in [-0.1, -0.05) is 145 Å². The smallest absolute Gasteiger partial charge is 0.462 e. The van der Waals surface area contributed by atoms with Crippen LogP contribution in [0.2, 0.25) is 0 Å². The van der Waals surface area contributed by atoms with E-state index in [4.69, 9.17) is 18.5 Å². The predicted molar refractivity (Wildman–Crippen MR) is 272 cm³/mol. The molecule has 0 amide bonds. The van der Waals surface area contributed by atoms with E-state index in [0.717, 1.165) is 77.0 Å². The van der Waals surface area contributed by atoms with Crippen LogP contribution in [0.15, 0.2) is 60.8 Å². The molecule has 412 valence electrons. The summed E-state index contributed by atoms with van der Waals surface area (Å²) < 4.78 is 49.3. The van der Waals surface area contributed by atoms with Gasteiger partial charge in [-0.05, 0) is 83.5 Å². The van der Waals surface area contributed by atoms with Crippen LogP contribution in [-0.2, 0) is 41.8 Å². The van der Waals surface area contributed by atoms with Gasteiger partial charge in [0, 0.05) is 12.8 Å². The highest BCUT2D eigenvalue weighted by Gasteiger charge is 2.54. The van der Waals surface area contributed by atoms with E-state index in [2.05, 4.69) is 60.9 Å². The lowest BCUT2D eigenvalue weighted by Gasteiger charge is -2.43. The summed E-state index contributed by atoms with van der Waals surface area (Å²) in [6.45, 7) is 2.82. The number of rotatable bonds is 43. The molecule has 20 heteroatoms. The minimum Gasteiger partial charge on any atom is -0.462 e. The van der Waals surface area contributed by atoms with E-state index < -0.39 is 95.7 Å². The van der Waals surface area contributed by atoms with E-state index >= 15 is 0 Å². The molecular weight excluding hydrogens is 962 g/mol. The summed E-state index contributed by atoms with van der Waals surface area (Å²) in [7, 11) is -10.8. The van der Waals surface area contributed by atoms with Gasteiger partial charge in [-0.2, -0.15) is 0 Å². The quantitative estimate of drug-likeness (QED) is 0.0120. The number of phosphoric acid groups is 2. The molecule has 1 saturated carbocycles. The molecule has 0 aliphatic heterocycles. The monoisotopic (exact) mass is 1050 g/mol. The van der Waals surface area contributed by atoms with Crippen molar-refractivity contribution in [2.75, 3.05) is 13.2 Å². The fraction of sp³-hybridized carbons (Fsp3) is 0.765. The van der Waals surface area contributed by atoms with Crippen molar-refractivity contribution in [3.63, 3.8) is 0 Å². The second-order valence-electron chi connectivity index (χ2n) is 18.2. The molecule has 1 aliphatic rings. The first-order chi connectivity index (χ1) is 33.9. The Morgan fingerprint density at radius 2 is 0.958 bits per heavy atom. The Hall–Kier alpha value is -2.38. The van der Waals surface area contributed by atoms with Crippen LogP contribution in [0, 0.1) is 0 Å². The number of phosphoric ester groups is 2. The maximum Gasteiger partial charge on any atom is 0.472 e. The van der Waals surface area contributed by atoms with Crippen molar-refractivity contribution in [1.29, 1.82) is 0 Å². The number of ether oxygens (including phenoxy) is 2. The Morgan fingerprint density at radius 1 is 0.507 bits per heavy atom. The van der Waals surface area contributed by atoms with E-state index in [-0.39, 0.29) is 32.1 Å². The van der Waals surface area contributed by atoms with Crippen molar-refractivity contribution in [3.8, 4) is 0 Å². The average Bonchev–Trinajstić information content (AvgIpc) is 3.32. The summed E-state index contributed by atoms with van der Waals surface area (Å²) >= 11 is 0. The van der Waals surface area contributed by atoms with E-state index in [9.17, 15) is 64.0 Å². The van der Waals surface area contributed by atoms with Crippen LogP contribution in [0.5, 0.6) is 0 Å². The molecule has 0 spiro atoms. The van der Waals surface area contributed by atoms with Crippen LogP contribution in [0.25, 0.3) is 0 Å². The summed E-state index contributed by atoms with van der Waals surface area (Å²) in [4.78, 5) is 54.5. The van der Waals surface area contributed by atoms with Gasteiger partial charge in [0.25, 0.3) is 0 Å². The van der Waals surface area contributed by atoms with Gasteiger partial charge < -0.3 is 54.8 Å². The number of carbonyl (C=O) groups excluding carboxylic acids is 2. The minimum atomic E-state index is -5.40. The molecule has 0 radical (unpaired) electrons. The Bertz CT molecular complexity index is 1630. The van der Waals surface area contributed by atoms with Crippen molar-refractivity contribution in [3.05, 3.63) is 60.8 Å². The summed E-state index contributed by atoms with van der Waals surface area (Å²) in [6.07, 6.45) is 26.0. The van der Waals surface area contributed by atoms with Gasteiger partial charge in [-0.3, -0.25) is 23.2 Å². The van der Waals surface area contributed by atoms with Crippen LogP contribution < -0.4 is 0 Å². The van der Waals surface area contributed by atoms with Gasteiger partial charge in [0.05, 0.1) is 18.8 Å². The first-order valence-corrected chi connectivity index (χ1v) is 29.0. The summed E-state index contributed by atoms with van der Waals surface area (Å²) in [6, 6.07) is 0. The molecule has 0 aromatic heterocycles. The number of esters is 2. The molecule has 0 saturated heterocycles. The van der Waals surface area contributed by atoms with Crippen LogP contribution in [0.1, 0.15) is 181 Å². The van der Waals surface area contributed by atoms with E-state index in [1.54, 1.807) is 6.08 Å². The van der Waals surface area contributed by atoms with Crippen LogP contribution in [0.3, 0.4) is 0 Å². The van der Waals surface area contributed by atoms with E-state index in [0.29, 0.717) is 12.8 Å². The molecule has 1 fully saturated rings. The molecule has 1 aliphatic carbocycles. The zero-order valence-electron chi connectivity index (χ0n) is 42.4. The van der Waals surface area contributed by atoms with Crippen LogP contribution >= 0.6 is 15.6 Å². The fourth-order valence-corrected chi connectivity index (χ4v) is 9.11. The lowest BCUT2D eigenvalue weighted by atomic mass is 9.85. The maximum absolute atomic E-state index is 13.0. The average molecular weight is 1050 g/mol. The van der Waals surface area contributed by atoms with Gasteiger partial charge in [-0.15, -0.1) is 0 Å². The number of aliphatic hydroxyl groups is 6. The predicted octanol–water partition coefficient (Wildman–Crippen LogP) is 8.56. The Kier molecular flexibility index (Phi) is 38.4. The highest BCUT2D eigenvalue weighted by atomic mass is 31.2. The maximum atomic E-state index is 13.0. The lowest BCUT2D eigenvalue weighted by molar-refractivity contribution is -0.216. The highest BCUT2D eigenvalue weighted by Crippen LogP contribution is 2.49. The third kappa shape index (κ3) is 34.7.